The summed E-state index contributed by atoms with van der Waals surface area (Å²) in [7, 11) is 0. The second-order valence-corrected chi connectivity index (χ2v) is 9.56. The summed E-state index contributed by atoms with van der Waals surface area (Å²) >= 11 is 3.26. The van der Waals surface area contributed by atoms with Crippen LogP contribution in [0.4, 0.5) is 9.18 Å². The number of nitrogens with zero attached hydrogens (tertiary/aromatic N) is 2. The fraction of sp³-hybridized carbons (Fsp3) is 0.320. The Kier molecular flexibility index (Phi) is 7.23. The Hall–Kier alpha value is -3.24. The van der Waals surface area contributed by atoms with Gasteiger partial charge in [0.1, 0.15) is 36.1 Å². The van der Waals surface area contributed by atoms with Gasteiger partial charge in [-0.2, -0.15) is 0 Å². The average Bonchev–Trinajstić information content (AvgIpc) is 3.32. The van der Waals surface area contributed by atoms with E-state index < -0.39 is 29.8 Å². The molecule has 1 aliphatic heterocycles. The number of nitrogens with one attached hydrogen (secondary N) is 2. The molecule has 35 heavy (non-hydrogen) atoms. The third kappa shape index (κ3) is 4.94. The lowest BCUT2D eigenvalue weighted by Crippen LogP contribution is -2.38. The van der Waals surface area contributed by atoms with Gasteiger partial charge < -0.3 is 20.1 Å². The number of imide groups is 1. The second kappa shape index (κ2) is 10.2. The van der Waals surface area contributed by atoms with Crippen molar-refractivity contribution in [2.24, 2.45) is 5.92 Å². The summed E-state index contributed by atoms with van der Waals surface area (Å²) in [5.41, 5.74) is 2.00. The van der Waals surface area contributed by atoms with E-state index in [9.17, 15) is 14.0 Å². The van der Waals surface area contributed by atoms with E-state index in [1.165, 1.54) is 11.0 Å². The molecule has 1 fully saturated rings. The maximum atomic E-state index is 14.6. The molecule has 2 aromatic carbocycles. The highest BCUT2D eigenvalue weighted by atomic mass is 79.9. The fourth-order valence-electron chi connectivity index (χ4n) is 4.21. The van der Waals surface area contributed by atoms with Gasteiger partial charge in [-0.05, 0) is 48.7 Å². The first-order chi connectivity index (χ1) is 16.7. The van der Waals surface area contributed by atoms with Crippen LogP contribution in [-0.2, 0) is 4.79 Å². The molecule has 3 amide bonds. The summed E-state index contributed by atoms with van der Waals surface area (Å²) in [4.78, 5) is 35.4. The number of rotatable bonds is 8. The number of benzene rings is 2. The minimum atomic E-state index is -0.852. The number of amides is 3. The molecule has 1 unspecified atom stereocenters. The Labute approximate surface area is 210 Å². The molecular weight excluding hydrogens is 519 g/mol. The summed E-state index contributed by atoms with van der Waals surface area (Å²) in [5, 5.41) is 11.7. The Morgan fingerprint density at radius 2 is 1.91 bits per heavy atom. The molecule has 1 saturated heterocycles. The van der Waals surface area contributed by atoms with E-state index in [1.54, 1.807) is 43.3 Å². The van der Waals surface area contributed by atoms with Gasteiger partial charge in [-0.15, -0.1) is 0 Å². The van der Waals surface area contributed by atoms with Crippen LogP contribution in [-0.4, -0.2) is 45.1 Å². The van der Waals surface area contributed by atoms with E-state index in [2.05, 4.69) is 31.2 Å². The largest absolute Gasteiger partial charge is 0.491 e. The normalized spacial score (nSPS) is 16.7. The number of hydrogen-bond donors (Lipinski definition) is 3. The highest BCUT2D eigenvalue weighted by Gasteiger charge is 2.45. The quantitative estimate of drug-likeness (QED) is 0.358. The first kappa shape index (κ1) is 24.9. The Bertz CT molecular complexity index is 1240. The molecular formula is C25H26BrFN4O4. The number of carbonyl (C=O) groups is 2. The number of aromatic amines is 1. The van der Waals surface area contributed by atoms with E-state index in [0.717, 1.165) is 0 Å². The van der Waals surface area contributed by atoms with Crippen LogP contribution < -0.4 is 10.1 Å². The van der Waals surface area contributed by atoms with Gasteiger partial charge in [0, 0.05) is 15.7 Å². The fourth-order valence-corrected chi connectivity index (χ4v) is 4.54. The van der Waals surface area contributed by atoms with Crippen molar-refractivity contribution < 1.29 is 23.8 Å². The van der Waals surface area contributed by atoms with Crippen LogP contribution in [0.15, 0.2) is 46.9 Å². The number of H-pyrrole nitrogens is 1. The molecule has 10 heteroatoms. The molecule has 2 atom stereocenters. The summed E-state index contributed by atoms with van der Waals surface area (Å²) in [6, 6.07) is 9.45. The lowest BCUT2D eigenvalue weighted by atomic mass is 10.0. The lowest BCUT2D eigenvalue weighted by Gasteiger charge is -2.27. The number of carbonyl (C=O) groups excluding carboxylic acids is 2. The van der Waals surface area contributed by atoms with Crippen LogP contribution in [0.2, 0.25) is 0 Å². The van der Waals surface area contributed by atoms with E-state index >= 15 is 0 Å². The van der Waals surface area contributed by atoms with Crippen LogP contribution in [0.5, 0.6) is 5.75 Å². The molecule has 0 spiro atoms. The molecule has 2 heterocycles. The monoisotopic (exact) mass is 544 g/mol. The first-order valence-electron chi connectivity index (χ1n) is 11.2. The predicted octanol–water partition coefficient (Wildman–Crippen LogP) is 4.65. The third-order valence-electron chi connectivity index (χ3n) is 5.82. The Morgan fingerprint density at radius 1 is 1.20 bits per heavy atom. The van der Waals surface area contributed by atoms with Gasteiger partial charge in [0.05, 0.1) is 12.3 Å². The van der Waals surface area contributed by atoms with Gasteiger partial charge in [-0.1, -0.05) is 41.9 Å². The summed E-state index contributed by atoms with van der Waals surface area (Å²) < 4.78 is 20.6. The van der Waals surface area contributed by atoms with E-state index in [0.29, 0.717) is 38.6 Å². The highest BCUT2D eigenvalue weighted by Crippen LogP contribution is 2.36. The Morgan fingerprint density at radius 3 is 2.54 bits per heavy atom. The van der Waals surface area contributed by atoms with Crippen LogP contribution >= 0.6 is 15.9 Å². The molecule has 4 rings (SSSR count). The topological polar surface area (TPSA) is 108 Å². The standard InChI is InChI=1S/C25H26BrFN4O4/c1-13(2)22(23-28-14(3)20(29-23)18-9-6-16(26)12-19(18)27)31-24(33)21(30-25(31)34)15-4-7-17(8-5-15)35-11-10-32/h4-9,12-13,21-22,32H,10-11H2,1-3H3,(H,28,29)(H,30,34)/t21-,22?/m1/s1. The molecule has 0 radical (unpaired) electrons. The van der Waals surface area contributed by atoms with Crippen molar-refractivity contribution in [1.82, 2.24) is 20.2 Å². The van der Waals surface area contributed by atoms with Gasteiger partial charge in [0.15, 0.2) is 0 Å². The zero-order chi connectivity index (χ0) is 25.3. The zero-order valence-electron chi connectivity index (χ0n) is 19.5. The number of imidazole rings is 1. The SMILES string of the molecule is Cc1[nH]c(C(C(C)C)N2C(=O)N[C@H](c3ccc(OCCO)cc3)C2=O)nc1-c1ccc(Br)cc1F. The molecule has 0 saturated carbocycles. The maximum Gasteiger partial charge on any atom is 0.325 e. The number of aliphatic hydroxyl groups is 1. The van der Waals surface area contributed by atoms with Crippen LogP contribution in [0.3, 0.4) is 0 Å². The number of halogens is 2. The van der Waals surface area contributed by atoms with Gasteiger partial charge in [0.25, 0.3) is 5.91 Å². The number of aliphatic hydroxyl groups excluding tert-OH is 1. The van der Waals surface area contributed by atoms with Crippen LogP contribution in [0, 0.1) is 18.7 Å². The molecule has 0 bridgehead atoms. The number of urea groups is 1. The van der Waals surface area contributed by atoms with Crippen molar-refractivity contribution >= 4 is 27.9 Å². The molecule has 3 aromatic rings. The molecule has 3 N–H and O–H groups in total. The van der Waals surface area contributed by atoms with Crippen molar-refractivity contribution in [2.75, 3.05) is 13.2 Å². The first-order valence-corrected chi connectivity index (χ1v) is 12.0. The van der Waals surface area contributed by atoms with Crippen molar-refractivity contribution in [3.8, 4) is 17.0 Å². The van der Waals surface area contributed by atoms with Crippen molar-refractivity contribution in [1.29, 1.82) is 0 Å². The maximum absolute atomic E-state index is 14.6. The van der Waals surface area contributed by atoms with Crippen molar-refractivity contribution in [3.05, 3.63) is 69.8 Å². The lowest BCUT2D eigenvalue weighted by molar-refractivity contribution is -0.130. The average molecular weight is 545 g/mol. The summed E-state index contributed by atoms with van der Waals surface area (Å²) in [6.07, 6.45) is 0. The smallest absolute Gasteiger partial charge is 0.325 e. The van der Waals surface area contributed by atoms with Gasteiger partial charge >= 0.3 is 6.03 Å². The van der Waals surface area contributed by atoms with E-state index in [-0.39, 0.29) is 19.1 Å². The second-order valence-electron chi connectivity index (χ2n) is 8.64. The molecule has 1 aliphatic rings. The zero-order valence-corrected chi connectivity index (χ0v) is 21.1. The molecule has 8 nitrogen and oxygen atoms in total. The number of hydrogen-bond acceptors (Lipinski definition) is 5. The van der Waals surface area contributed by atoms with Crippen molar-refractivity contribution in [3.63, 3.8) is 0 Å². The van der Waals surface area contributed by atoms with Crippen LogP contribution in [0.25, 0.3) is 11.3 Å². The number of aryl methyl sites for hydroxylation is 1. The molecule has 184 valence electrons. The third-order valence-corrected chi connectivity index (χ3v) is 6.32. The predicted molar refractivity (Wildman–Crippen MR) is 131 cm³/mol. The number of ether oxygens (including phenoxy) is 1. The molecule has 1 aromatic heterocycles. The molecule has 0 aliphatic carbocycles. The minimum Gasteiger partial charge on any atom is -0.491 e. The highest BCUT2D eigenvalue weighted by molar-refractivity contribution is 9.10. The Balaban J connectivity index is 1.63. The van der Waals surface area contributed by atoms with Gasteiger partial charge in [-0.3, -0.25) is 9.69 Å². The van der Waals surface area contributed by atoms with E-state index in [1.807, 2.05) is 13.8 Å². The van der Waals surface area contributed by atoms with Crippen molar-refractivity contribution in [2.45, 2.75) is 32.9 Å². The van der Waals surface area contributed by atoms with E-state index in [4.69, 9.17) is 9.84 Å². The van der Waals surface area contributed by atoms with Gasteiger partial charge in [-0.25, -0.2) is 14.2 Å². The summed E-state index contributed by atoms with van der Waals surface area (Å²) in [5.74, 6) is -0.0286. The van der Waals surface area contributed by atoms with Crippen LogP contribution in [0.1, 0.15) is 43.0 Å². The summed E-state index contributed by atoms with van der Waals surface area (Å²) in [6.45, 7) is 5.62. The minimum absolute atomic E-state index is 0.104. The van der Waals surface area contributed by atoms with Gasteiger partial charge in [0.2, 0.25) is 0 Å². The number of aromatic nitrogens is 2.